The molecule has 2 atom stereocenters. The monoisotopic (exact) mass is 308 g/mol. The summed E-state index contributed by atoms with van der Waals surface area (Å²) in [4.78, 5) is 22.1. The third-order valence-corrected chi connectivity index (χ3v) is 5.67. The first-order valence-corrected chi connectivity index (χ1v) is 8.83. The van der Waals surface area contributed by atoms with E-state index in [0.29, 0.717) is 24.2 Å². The summed E-state index contributed by atoms with van der Waals surface area (Å²) in [6, 6.07) is 1.79. The highest BCUT2D eigenvalue weighted by Gasteiger charge is 2.49. The zero-order valence-electron chi connectivity index (χ0n) is 14.9. The van der Waals surface area contributed by atoms with E-state index >= 15 is 0 Å². The molecule has 0 aromatic rings. The Kier molecular flexibility index (Phi) is 4.14. The van der Waals surface area contributed by atoms with E-state index in [-0.39, 0.29) is 5.54 Å². The van der Waals surface area contributed by atoms with Crippen LogP contribution in [0, 0.1) is 0 Å². The summed E-state index contributed by atoms with van der Waals surface area (Å²) in [6.45, 7) is 17.1. The van der Waals surface area contributed by atoms with Gasteiger partial charge in [-0.15, -0.1) is 0 Å². The van der Waals surface area contributed by atoms with Gasteiger partial charge in [0, 0.05) is 62.9 Å². The smallest absolute Gasteiger partial charge is 0.320 e. The molecule has 0 aromatic carbocycles. The first kappa shape index (κ1) is 16.1. The van der Waals surface area contributed by atoms with Crippen molar-refractivity contribution in [1.29, 1.82) is 0 Å². The highest BCUT2D eigenvalue weighted by Crippen LogP contribution is 2.34. The zero-order chi connectivity index (χ0) is 16.1. The molecule has 4 rings (SSSR count). The van der Waals surface area contributed by atoms with Gasteiger partial charge < -0.3 is 9.80 Å². The molecule has 4 saturated heterocycles. The molecule has 5 nitrogen and oxygen atoms in total. The van der Waals surface area contributed by atoms with Gasteiger partial charge in [0.05, 0.1) is 0 Å². The lowest BCUT2D eigenvalue weighted by Gasteiger charge is -2.58. The Labute approximate surface area is 135 Å². The van der Waals surface area contributed by atoms with Gasteiger partial charge in [-0.2, -0.15) is 0 Å². The Morgan fingerprint density at radius 3 is 2.00 bits per heavy atom. The molecule has 0 aromatic heterocycles. The number of hydrogen-bond acceptors (Lipinski definition) is 3. The number of amides is 2. The molecule has 0 spiro atoms. The van der Waals surface area contributed by atoms with Gasteiger partial charge in [0.2, 0.25) is 0 Å². The molecule has 4 aliphatic heterocycles. The predicted molar refractivity (Wildman–Crippen MR) is 89.0 cm³/mol. The van der Waals surface area contributed by atoms with Crippen LogP contribution in [0.1, 0.15) is 41.0 Å². The first-order valence-electron chi connectivity index (χ1n) is 8.83. The van der Waals surface area contributed by atoms with Crippen LogP contribution in [0.3, 0.4) is 0 Å². The molecular weight excluding hydrogens is 276 g/mol. The van der Waals surface area contributed by atoms with Gasteiger partial charge in [-0.05, 0) is 41.0 Å². The van der Waals surface area contributed by atoms with Gasteiger partial charge in [0.1, 0.15) is 0 Å². The van der Waals surface area contributed by atoms with Crippen molar-refractivity contribution in [3.05, 3.63) is 0 Å². The second-order valence-electron chi connectivity index (χ2n) is 8.43. The predicted octanol–water partition coefficient (Wildman–Crippen LogP) is 1.69. The quantitative estimate of drug-likeness (QED) is 0.738. The van der Waals surface area contributed by atoms with Crippen LogP contribution < -0.4 is 0 Å². The summed E-state index contributed by atoms with van der Waals surface area (Å²) < 4.78 is 0. The summed E-state index contributed by atoms with van der Waals surface area (Å²) in [7, 11) is 0. The maximum absolute atomic E-state index is 12.8. The first-order chi connectivity index (χ1) is 10.3. The molecule has 2 amide bonds. The van der Waals surface area contributed by atoms with Gasteiger partial charge in [-0.25, -0.2) is 4.79 Å². The molecule has 4 fully saturated rings. The lowest BCUT2D eigenvalue weighted by molar-refractivity contribution is -0.0592. The van der Waals surface area contributed by atoms with E-state index in [1.54, 1.807) is 0 Å². The van der Waals surface area contributed by atoms with Crippen LogP contribution in [0.25, 0.3) is 0 Å². The number of hydrogen-bond donors (Lipinski definition) is 0. The second kappa shape index (κ2) is 5.68. The summed E-state index contributed by atoms with van der Waals surface area (Å²) >= 11 is 0. The maximum Gasteiger partial charge on any atom is 0.320 e. The van der Waals surface area contributed by atoms with Crippen LogP contribution in [0.15, 0.2) is 0 Å². The summed E-state index contributed by atoms with van der Waals surface area (Å²) in [5.41, 5.74) is 0.208. The Morgan fingerprint density at radius 1 is 1.00 bits per heavy atom. The third-order valence-electron chi connectivity index (χ3n) is 5.67. The highest BCUT2D eigenvalue weighted by atomic mass is 16.2. The van der Waals surface area contributed by atoms with Crippen molar-refractivity contribution < 1.29 is 4.79 Å². The standard InChI is InChI=1S/C17H32N4O/c1-13(2)19-11-14-10-15(12-19)21(14)16(22)18-6-8-20(9-7-18)17(3,4)5/h13-15H,6-12H2,1-5H3. The van der Waals surface area contributed by atoms with E-state index in [1.807, 2.05) is 0 Å². The molecule has 126 valence electrons. The van der Waals surface area contributed by atoms with Crippen LogP contribution in [-0.4, -0.2) is 88.6 Å². The van der Waals surface area contributed by atoms with E-state index in [9.17, 15) is 4.79 Å². The fourth-order valence-electron chi connectivity index (χ4n) is 4.11. The minimum Gasteiger partial charge on any atom is -0.322 e. The Balaban J connectivity index is 1.54. The zero-order valence-corrected chi connectivity index (χ0v) is 14.9. The molecule has 4 heterocycles. The molecule has 0 N–H and O–H groups in total. The minimum absolute atomic E-state index is 0.208. The Morgan fingerprint density at radius 2 is 1.55 bits per heavy atom. The average molecular weight is 308 g/mol. The summed E-state index contributed by atoms with van der Waals surface area (Å²) in [5, 5.41) is 0. The number of piperidine rings is 1. The number of rotatable bonds is 1. The van der Waals surface area contributed by atoms with Gasteiger partial charge in [0.25, 0.3) is 0 Å². The molecule has 4 aliphatic rings. The molecule has 2 bridgehead atoms. The van der Waals surface area contributed by atoms with Gasteiger partial charge in [-0.1, -0.05) is 0 Å². The second-order valence-corrected chi connectivity index (χ2v) is 8.43. The van der Waals surface area contributed by atoms with E-state index in [2.05, 4.69) is 54.2 Å². The van der Waals surface area contributed by atoms with Crippen molar-refractivity contribution in [2.24, 2.45) is 0 Å². The van der Waals surface area contributed by atoms with Crippen LogP contribution in [-0.2, 0) is 0 Å². The molecule has 0 aliphatic carbocycles. The summed E-state index contributed by atoms with van der Waals surface area (Å²) in [6.07, 6.45) is 1.21. The van der Waals surface area contributed by atoms with Crippen molar-refractivity contribution in [3.8, 4) is 0 Å². The lowest BCUT2D eigenvalue weighted by atomic mass is 9.87. The van der Waals surface area contributed by atoms with Crippen LogP contribution >= 0.6 is 0 Å². The minimum atomic E-state index is 0.208. The summed E-state index contributed by atoms with van der Waals surface area (Å²) in [5.74, 6) is 0. The highest BCUT2D eigenvalue weighted by molar-refractivity contribution is 5.76. The van der Waals surface area contributed by atoms with Gasteiger partial charge >= 0.3 is 6.03 Å². The Bertz CT molecular complexity index is 411. The third kappa shape index (κ3) is 2.85. The molecule has 0 saturated carbocycles. The topological polar surface area (TPSA) is 30.0 Å². The fraction of sp³-hybridized carbons (Fsp3) is 0.941. The SMILES string of the molecule is CC(C)N1CC2CC(C1)N2C(=O)N1CCN(C(C)(C)C)CC1. The largest absolute Gasteiger partial charge is 0.322 e. The van der Waals surface area contributed by atoms with E-state index in [4.69, 9.17) is 0 Å². The normalized spacial score (nSPS) is 30.6. The fourth-order valence-corrected chi connectivity index (χ4v) is 4.11. The lowest BCUT2D eigenvalue weighted by Crippen LogP contribution is -2.73. The maximum atomic E-state index is 12.8. The van der Waals surface area contributed by atoms with Crippen molar-refractivity contribution in [2.45, 2.75) is 64.7 Å². The number of nitrogens with zero attached hydrogens (tertiary/aromatic N) is 4. The van der Waals surface area contributed by atoms with Crippen molar-refractivity contribution in [1.82, 2.24) is 19.6 Å². The van der Waals surface area contributed by atoms with Gasteiger partial charge in [0.15, 0.2) is 0 Å². The van der Waals surface area contributed by atoms with E-state index < -0.39 is 0 Å². The molecular formula is C17H32N4O. The van der Waals surface area contributed by atoms with Crippen LogP contribution in [0.2, 0.25) is 0 Å². The van der Waals surface area contributed by atoms with Gasteiger partial charge in [-0.3, -0.25) is 9.80 Å². The molecule has 0 radical (unpaired) electrons. The molecule has 2 unspecified atom stereocenters. The number of urea groups is 1. The number of carbonyl (C=O) groups excluding carboxylic acids is 1. The number of fused-ring (bicyclic) bond motifs is 2. The van der Waals surface area contributed by atoms with E-state index in [1.165, 1.54) is 6.42 Å². The van der Waals surface area contributed by atoms with Crippen molar-refractivity contribution >= 4 is 6.03 Å². The Hall–Kier alpha value is -0.810. The number of carbonyl (C=O) groups is 1. The van der Waals surface area contributed by atoms with Crippen molar-refractivity contribution in [2.75, 3.05) is 39.3 Å². The van der Waals surface area contributed by atoms with Crippen LogP contribution in [0.4, 0.5) is 4.79 Å². The molecule has 5 heteroatoms. The van der Waals surface area contributed by atoms with E-state index in [0.717, 1.165) is 39.3 Å². The van der Waals surface area contributed by atoms with Crippen LogP contribution in [0.5, 0.6) is 0 Å². The molecule has 22 heavy (non-hydrogen) atoms. The average Bonchev–Trinajstić information content (AvgIpc) is 2.46. The van der Waals surface area contributed by atoms with Crippen molar-refractivity contribution in [3.63, 3.8) is 0 Å². The number of piperazine rings is 2.